The molecule has 0 saturated carbocycles. The van der Waals surface area contributed by atoms with E-state index in [0.29, 0.717) is 6.61 Å². The van der Waals surface area contributed by atoms with Crippen LogP contribution < -0.4 is 0 Å². The van der Waals surface area contributed by atoms with Gasteiger partial charge in [-0.3, -0.25) is 0 Å². The minimum absolute atomic E-state index is 0.350. The van der Waals surface area contributed by atoms with Gasteiger partial charge in [-0.15, -0.1) is 0 Å². The van der Waals surface area contributed by atoms with Crippen molar-refractivity contribution < 1.29 is 9.53 Å². The number of aromatic nitrogens is 2. The largest absolute Gasteiger partial charge is 0.463 e. The Bertz CT molecular complexity index is 819. The second-order valence-corrected chi connectivity index (χ2v) is 4.74. The Labute approximate surface area is 128 Å². The van der Waals surface area contributed by atoms with Crippen molar-refractivity contribution in [3.05, 3.63) is 66.4 Å². The number of ether oxygens (including phenoxy) is 1. The Morgan fingerprint density at radius 3 is 2.73 bits per heavy atom. The van der Waals surface area contributed by atoms with Gasteiger partial charge in [0.2, 0.25) is 0 Å². The third-order valence-corrected chi connectivity index (χ3v) is 3.30. The lowest BCUT2D eigenvalue weighted by atomic mass is 10.1. The van der Waals surface area contributed by atoms with Crippen molar-refractivity contribution in [3.8, 4) is 11.3 Å². The maximum atomic E-state index is 11.6. The molecule has 0 radical (unpaired) electrons. The summed E-state index contributed by atoms with van der Waals surface area (Å²) in [6.07, 6.45) is 5.10. The number of carbonyl (C=O) groups excluding carboxylic acids is 1. The van der Waals surface area contributed by atoms with Crippen LogP contribution in [-0.2, 0) is 9.53 Å². The fourth-order valence-corrected chi connectivity index (χ4v) is 2.33. The Morgan fingerprint density at radius 2 is 1.95 bits per heavy atom. The Hall–Kier alpha value is -2.88. The summed E-state index contributed by atoms with van der Waals surface area (Å²) in [5.41, 5.74) is 3.70. The van der Waals surface area contributed by atoms with E-state index in [-0.39, 0.29) is 5.97 Å². The van der Waals surface area contributed by atoms with Crippen LogP contribution in [0.25, 0.3) is 22.9 Å². The van der Waals surface area contributed by atoms with Crippen LogP contribution in [0, 0.1) is 0 Å². The summed E-state index contributed by atoms with van der Waals surface area (Å²) in [5, 5.41) is 4.62. The highest BCUT2D eigenvalue weighted by molar-refractivity contribution is 5.92. The molecule has 22 heavy (non-hydrogen) atoms. The molecule has 0 aliphatic rings. The molecule has 0 N–H and O–H groups in total. The van der Waals surface area contributed by atoms with Crippen LogP contribution in [0.15, 0.2) is 60.8 Å². The van der Waals surface area contributed by atoms with Gasteiger partial charge in [0, 0.05) is 23.4 Å². The van der Waals surface area contributed by atoms with E-state index >= 15 is 0 Å². The zero-order chi connectivity index (χ0) is 15.4. The molecular formula is C18H16N2O2. The van der Waals surface area contributed by atoms with E-state index in [4.69, 9.17) is 4.74 Å². The highest BCUT2D eigenvalue weighted by Crippen LogP contribution is 2.27. The summed E-state index contributed by atoms with van der Waals surface area (Å²) >= 11 is 0. The lowest BCUT2D eigenvalue weighted by Gasteiger charge is -1.99. The average Bonchev–Trinajstić information content (AvgIpc) is 2.93. The number of esters is 1. The summed E-state index contributed by atoms with van der Waals surface area (Å²) in [7, 11) is 0. The zero-order valence-corrected chi connectivity index (χ0v) is 12.3. The topological polar surface area (TPSA) is 43.6 Å². The summed E-state index contributed by atoms with van der Waals surface area (Å²) in [5.74, 6) is -0.350. The third kappa shape index (κ3) is 2.76. The SMILES string of the molecule is CCOC(=O)C=Cc1c(-c2ccccc2)nn2ccccc12. The molecule has 2 aromatic heterocycles. The van der Waals surface area contributed by atoms with Gasteiger partial charge in [0.05, 0.1) is 12.1 Å². The zero-order valence-electron chi connectivity index (χ0n) is 12.3. The van der Waals surface area contributed by atoms with Crippen LogP contribution in [-0.4, -0.2) is 22.2 Å². The number of hydrogen-bond acceptors (Lipinski definition) is 3. The highest BCUT2D eigenvalue weighted by atomic mass is 16.5. The van der Waals surface area contributed by atoms with Crippen molar-refractivity contribution in [2.24, 2.45) is 0 Å². The predicted octanol–water partition coefficient (Wildman–Crippen LogP) is 3.58. The van der Waals surface area contributed by atoms with Gasteiger partial charge < -0.3 is 4.74 Å². The molecule has 0 aliphatic heterocycles. The fourth-order valence-electron chi connectivity index (χ4n) is 2.33. The molecule has 0 amide bonds. The van der Waals surface area contributed by atoms with E-state index in [1.165, 1.54) is 6.08 Å². The van der Waals surface area contributed by atoms with Gasteiger partial charge in [-0.05, 0) is 25.1 Å². The van der Waals surface area contributed by atoms with Crippen LogP contribution in [0.5, 0.6) is 0 Å². The molecule has 0 spiro atoms. The van der Waals surface area contributed by atoms with Crippen molar-refractivity contribution in [2.75, 3.05) is 6.61 Å². The van der Waals surface area contributed by atoms with Crippen LogP contribution in [0.2, 0.25) is 0 Å². The quantitative estimate of drug-likeness (QED) is 0.545. The van der Waals surface area contributed by atoms with Gasteiger partial charge in [-0.1, -0.05) is 36.4 Å². The van der Waals surface area contributed by atoms with Crippen molar-refractivity contribution in [1.82, 2.24) is 9.61 Å². The molecule has 0 unspecified atom stereocenters. The van der Waals surface area contributed by atoms with Crippen molar-refractivity contribution in [1.29, 1.82) is 0 Å². The average molecular weight is 292 g/mol. The second-order valence-electron chi connectivity index (χ2n) is 4.74. The maximum absolute atomic E-state index is 11.6. The highest BCUT2D eigenvalue weighted by Gasteiger charge is 2.12. The van der Waals surface area contributed by atoms with Gasteiger partial charge in [0.15, 0.2) is 0 Å². The first-order chi connectivity index (χ1) is 10.8. The normalized spacial score (nSPS) is 11.1. The van der Waals surface area contributed by atoms with E-state index in [9.17, 15) is 4.79 Å². The molecule has 2 heterocycles. The van der Waals surface area contributed by atoms with E-state index in [1.807, 2.05) is 59.2 Å². The minimum Gasteiger partial charge on any atom is -0.463 e. The van der Waals surface area contributed by atoms with Crippen molar-refractivity contribution in [2.45, 2.75) is 6.92 Å². The smallest absolute Gasteiger partial charge is 0.330 e. The molecule has 3 rings (SSSR count). The van der Waals surface area contributed by atoms with E-state index in [2.05, 4.69) is 5.10 Å². The number of fused-ring (bicyclic) bond motifs is 1. The summed E-state index contributed by atoms with van der Waals surface area (Å²) in [6, 6.07) is 15.8. The van der Waals surface area contributed by atoms with Gasteiger partial charge >= 0.3 is 5.97 Å². The van der Waals surface area contributed by atoms with Crippen molar-refractivity contribution in [3.63, 3.8) is 0 Å². The lowest BCUT2D eigenvalue weighted by molar-refractivity contribution is -0.137. The van der Waals surface area contributed by atoms with Gasteiger partial charge in [-0.25, -0.2) is 9.31 Å². The first-order valence-electron chi connectivity index (χ1n) is 7.17. The van der Waals surface area contributed by atoms with E-state index < -0.39 is 0 Å². The molecule has 0 atom stereocenters. The predicted molar refractivity (Wildman–Crippen MR) is 86.3 cm³/mol. The van der Waals surface area contributed by atoms with Gasteiger partial charge in [0.25, 0.3) is 0 Å². The number of rotatable bonds is 4. The molecule has 3 aromatic rings. The van der Waals surface area contributed by atoms with Crippen LogP contribution in [0.4, 0.5) is 0 Å². The summed E-state index contributed by atoms with van der Waals surface area (Å²) < 4.78 is 6.76. The maximum Gasteiger partial charge on any atom is 0.330 e. The molecule has 4 nitrogen and oxygen atoms in total. The standard InChI is InChI=1S/C18H16N2O2/c1-2-22-17(21)12-11-15-16-10-6-7-13-20(16)19-18(15)14-8-4-3-5-9-14/h3-13H,2H2,1H3. The van der Waals surface area contributed by atoms with Crippen LogP contribution in [0.3, 0.4) is 0 Å². The van der Waals surface area contributed by atoms with E-state index in [0.717, 1.165) is 22.3 Å². The number of carbonyl (C=O) groups is 1. The Kier molecular flexibility index (Phi) is 4.01. The number of nitrogens with zero attached hydrogens (tertiary/aromatic N) is 2. The van der Waals surface area contributed by atoms with Crippen molar-refractivity contribution >= 4 is 17.6 Å². The van der Waals surface area contributed by atoms with Crippen LogP contribution >= 0.6 is 0 Å². The molecule has 4 heteroatoms. The van der Waals surface area contributed by atoms with Crippen LogP contribution in [0.1, 0.15) is 12.5 Å². The molecule has 110 valence electrons. The van der Waals surface area contributed by atoms with Gasteiger partial charge in [0.1, 0.15) is 5.69 Å². The number of benzene rings is 1. The summed E-state index contributed by atoms with van der Waals surface area (Å²) in [4.78, 5) is 11.6. The third-order valence-electron chi connectivity index (χ3n) is 3.30. The molecule has 0 fully saturated rings. The molecule has 0 aliphatic carbocycles. The Balaban J connectivity index is 2.12. The first kappa shape index (κ1) is 14.1. The molecular weight excluding hydrogens is 276 g/mol. The number of pyridine rings is 1. The second kappa shape index (κ2) is 6.26. The molecule has 0 saturated heterocycles. The van der Waals surface area contributed by atoms with Gasteiger partial charge in [-0.2, -0.15) is 5.10 Å². The van der Waals surface area contributed by atoms with E-state index in [1.54, 1.807) is 13.0 Å². The first-order valence-corrected chi connectivity index (χ1v) is 7.17. The molecule has 0 bridgehead atoms. The molecule has 1 aromatic carbocycles. The number of hydrogen-bond donors (Lipinski definition) is 0. The summed E-state index contributed by atoms with van der Waals surface area (Å²) in [6.45, 7) is 2.15. The minimum atomic E-state index is -0.350. The lowest BCUT2D eigenvalue weighted by Crippen LogP contribution is -1.98. The Morgan fingerprint density at radius 1 is 1.18 bits per heavy atom. The fraction of sp³-hybridized carbons (Fsp3) is 0.111. The monoisotopic (exact) mass is 292 g/mol.